The fourth-order valence-electron chi connectivity index (χ4n) is 1.05. The number of aryl methyl sites for hydroxylation is 1. The summed E-state index contributed by atoms with van der Waals surface area (Å²) < 4.78 is 4.75. The lowest BCUT2D eigenvalue weighted by molar-refractivity contribution is -0.137. The first-order chi connectivity index (χ1) is 7.13. The van der Waals surface area contributed by atoms with Crippen LogP contribution in [0, 0.1) is 6.92 Å². The van der Waals surface area contributed by atoms with Gasteiger partial charge in [-0.15, -0.1) is 0 Å². The number of hydrogen-bond donors (Lipinski definition) is 1. The fourth-order valence-corrected chi connectivity index (χ4v) is 1.05. The fraction of sp³-hybridized carbons (Fsp3) is 0.273. The summed E-state index contributed by atoms with van der Waals surface area (Å²) in [6.45, 7) is 4.01. The zero-order valence-electron chi connectivity index (χ0n) is 8.86. The van der Waals surface area contributed by atoms with E-state index in [2.05, 4.69) is 4.98 Å². The quantitative estimate of drug-likeness (QED) is 0.602. The van der Waals surface area contributed by atoms with Crippen LogP contribution in [0.15, 0.2) is 18.3 Å². The predicted molar refractivity (Wildman–Crippen MR) is 59.1 cm³/mol. The summed E-state index contributed by atoms with van der Waals surface area (Å²) in [5.41, 5.74) is 7.28. The Morgan fingerprint density at radius 1 is 1.67 bits per heavy atom. The number of carbonyl (C=O) groups is 1. The molecule has 0 bridgehead atoms. The molecule has 0 aliphatic heterocycles. The van der Waals surface area contributed by atoms with Gasteiger partial charge in [0.25, 0.3) is 0 Å². The lowest BCUT2D eigenvalue weighted by Crippen LogP contribution is -1.99. The molecule has 0 radical (unpaired) electrons. The third-order valence-corrected chi connectivity index (χ3v) is 1.84. The third kappa shape index (κ3) is 3.42. The number of nitrogens with zero attached hydrogens (tertiary/aromatic N) is 1. The van der Waals surface area contributed by atoms with E-state index in [1.807, 2.05) is 13.0 Å². The lowest BCUT2D eigenvalue weighted by atomic mass is 10.2. The number of ether oxygens (including phenoxy) is 1. The molecule has 0 saturated carbocycles. The van der Waals surface area contributed by atoms with Crippen LogP contribution in [0.1, 0.15) is 18.1 Å². The molecule has 0 aliphatic rings. The predicted octanol–water partition coefficient (Wildman–Crippen LogP) is 1.55. The Labute approximate surface area is 88.8 Å². The summed E-state index contributed by atoms with van der Waals surface area (Å²) >= 11 is 0. The van der Waals surface area contributed by atoms with Gasteiger partial charge in [0.2, 0.25) is 0 Å². The molecule has 1 rings (SSSR count). The first-order valence-electron chi connectivity index (χ1n) is 4.70. The van der Waals surface area contributed by atoms with Crippen molar-refractivity contribution in [3.8, 4) is 0 Å². The van der Waals surface area contributed by atoms with Crippen LogP contribution in [-0.4, -0.2) is 17.6 Å². The van der Waals surface area contributed by atoms with Crippen LogP contribution in [0.25, 0.3) is 6.08 Å². The summed E-state index contributed by atoms with van der Waals surface area (Å²) in [4.78, 5) is 15.0. The lowest BCUT2D eigenvalue weighted by Gasteiger charge is -1.99. The monoisotopic (exact) mass is 206 g/mol. The minimum Gasteiger partial charge on any atom is -0.463 e. The number of anilines is 1. The maximum atomic E-state index is 11.0. The highest BCUT2D eigenvalue weighted by Crippen LogP contribution is 2.10. The maximum Gasteiger partial charge on any atom is 0.330 e. The molecule has 0 spiro atoms. The van der Waals surface area contributed by atoms with E-state index in [4.69, 9.17) is 10.5 Å². The molecule has 0 aromatic carbocycles. The topological polar surface area (TPSA) is 65.2 Å². The molecule has 1 aromatic rings. The average molecular weight is 206 g/mol. The van der Waals surface area contributed by atoms with Crippen LogP contribution in [0.4, 0.5) is 5.82 Å². The minimum atomic E-state index is -0.355. The molecule has 0 saturated heterocycles. The number of nitrogen functional groups attached to an aromatic ring is 1. The SMILES string of the molecule is CCOC(=O)C=Cc1cnc(N)c(C)c1. The second-order valence-electron chi connectivity index (χ2n) is 3.06. The first kappa shape index (κ1) is 11.2. The third-order valence-electron chi connectivity index (χ3n) is 1.84. The van der Waals surface area contributed by atoms with Gasteiger partial charge in [-0.3, -0.25) is 0 Å². The van der Waals surface area contributed by atoms with Gasteiger partial charge in [0, 0.05) is 12.3 Å². The molecule has 0 unspecified atom stereocenters. The van der Waals surface area contributed by atoms with E-state index in [-0.39, 0.29) is 5.97 Å². The van der Waals surface area contributed by atoms with Gasteiger partial charge in [-0.05, 0) is 37.1 Å². The molecule has 4 heteroatoms. The van der Waals surface area contributed by atoms with Gasteiger partial charge in [0.15, 0.2) is 0 Å². The number of nitrogens with two attached hydrogens (primary N) is 1. The van der Waals surface area contributed by atoms with E-state index in [9.17, 15) is 4.79 Å². The normalized spacial score (nSPS) is 10.5. The summed E-state index contributed by atoms with van der Waals surface area (Å²) in [5.74, 6) is 0.148. The molecule has 2 N–H and O–H groups in total. The van der Waals surface area contributed by atoms with Crippen LogP contribution < -0.4 is 5.73 Å². The molecule has 15 heavy (non-hydrogen) atoms. The van der Waals surface area contributed by atoms with Crippen LogP contribution in [-0.2, 0) is 9.53 Å². The van der Waals surface area contributed by atoms with Gasteiger partial charge in [-0.2, -0.15) is 0 Å². The van der Waals surface area contributed by atoms with Gasteiger partial charge in [0.05, 0.1) is 6.61 Å². The molecule has 1 aromatic heterocycles. The summed E-state index contributed by atoms with van der Waals surface area (Å²) in [6, 6.07) is 1.86. The Morgan fingerprint density at radius 2 is 2.40 bits per heavy atom. The molecule has 0 amide bonds. The zero-order chi connectivity index (χ0) is 11.3. The smallest absolute Gasteiger partial charge is 0.330 e. The van der Waals surface area contributed by atoms with Crippen LogP contribution in [0.3, 0.4) is 0 Å². The number of carbonyl (C=O) groups excluding carboxylic acids is 1. The van der Waals surface area contributed by atoms with Crippen LogP contribution >= 0.6 is 0 Å². The Hall–Kier alpha value is -1.84. The van der Waals surface area contributed by atoms with Crippen molar-refractivity contribution in [2.75, 3.05) is 12.3 Å². The van der Waals surface area contributed by atoms with Gasteiger partial charge >= 0.3 is 5.97 Å². The van der Waals surface area contributed by atoms with E-state index >= 15 is 0 Å². The standard InChI is InChI=1S/C11H14N2O2/c1-3-15-10(14)5-4-9-6-8(2)11(12)13-7-9/h4-7H,3H2,1-2H3,(H2,12,13). The number of pyridine rings is 1. The van der Waals surface area contributed by atoms with E-state index in [1.165, 1.54) is 6.08 Å². The first-order valence-corrected chi connectivity index (χ1v) is 4.70. The van der Waals surface area contributed by atoms with Crippen molar-refractivity contribution >= 4 is 17.9 Å². The summed E-state index contributed by atoms with van der Waals surface area (Å²) in [6.07, 6.45) is 4.63. The second kappa shape index (κ2) is 5.14. The molecular weight excluding hydrogens is 192 g/mol. The Morgan fingerprint density at radius 3 is 3.00 bits per heavy atom. The van der Waals surface area contributed by atoms with Crippen molar-refractivity contribution in [2.45, 2.75) is 13.8 Å². The molecule has 0 fully saturated rings. The number of esters is 1. The highest BCUT2D eigenvalue weighted by atomic mass is 16.5. The van der Waals surface area contributed by atoms with E-state index in [0.717, 1.165) is 11.1 Å². The van der Waals surface area contributed by atoms with Crippen molar-refractivity contribution in [2.24, 2.45) is 0 Å². The number of aromatic nitrogens is 1. The Bertz CT molecular complexity index is 386. The van der Waals surface area contributed by atoms with E-state index < -0.39 is 0 Å². The van der Waals surface area contributed by atoms with Crippen molar-refractivity contribution in [3.05, 3.63) is 29.5 Å². The highest BCUT2D eigenvalue weighted by molar-refractivity contribution is 5.87. The van der Waals surface area contributed by atoms with Crippen LogP contribution in [0.5, 0.6) is 0 Å². The molecule has 1 heterocycles. The molecule has 0 aliphatic carbocycles. The minimum absolute atomic E-state index is 0.355. The highest BCUT2D eigenvalue weighted by Gasteiger charge is 1.97. The molecule has 0 atom stereocenters. The second-order valence-corrected chi connectivity index (χ2v) is 3.06. The molecular formula is C11H14N2O2. The van der Waals surface area contributed by atoms with Crippen molar-refractivity contribution in [3.63, 3.8) is 0 Å². The zero-order valence-corrected chi connectivity index (χ0v) is 8.86. The van der Waals surface area contributed by atoms with Gasteiger partial charge in [-0.25, -0.2) is 9.78 Å². The van der Waals surface area contributed by atoms with Crippen molar-refractivity contribution < 1.29 is 9.53 Å². The van der Waals surface area contributed by atoms with Gasteiger partial charge < -0.3 is 10.5 Å². The van der Waals surface area contributed by atoms with Crippen molar-refractivity contribution in [1.29, 1.82) is 0 Å². The number of hydrogen-bond acceptors (Lipinski definition) is 4. The Kier molecular flexibility index (Phi) is 3.85. The summed E-state index contributed by atoms with van der Waals surface area (Å²) in [5, 5.41) is 0. The van der Waals surface area contributed by atoms with Crippen LogP contribution in [0.2, 0.25) is 0 Å². The average Bonchev–Trinajstić information content (AvgIpc) is 2.20. The Balaban J connectivity index is 2.72. The van der Waals surface area contributed by atoms with Gasteiger partial charge in [0.1, 0.15) is 5.82 Å². The van der Waals surface area contributed by atoms with Crippen molar-refractivity contribution in [1.82, 2.24) is 4.98 Å². The molecule has 80 valence electrons. The number of rotatable bonds is 3. The maximum absolute atomic E-state index is 11.0. The molecule has 4 nitrogen and oxygen atoms in total. The largest absolute Gasteiger partial charge is 0.463 e. The van der Waals surface area contributed by atoms with Gasteiger partial charge in [-0.1, -0.05) is 0 Å². The van der Waals surface area contributed by atoms with E-state index in [0.29, 0.717) is 12.4 Å². The van der Waals surface area contributed by atoms with E-state index in [1.54, 1.807) is 19.2 Å². The summed E-state index contributed by atoms with van der Waals surface area (Å²) in [7, 11) is 0.